The second kappa shape index (κ2) is 3.46. The summed E-state index contributed by atoms with van der Waals surface area (Å²) in [6.45, 7) is 0. The molecule has 2 rings (SSSR count). The van der Waals surface area contributed by atoms with E-state index in [1.807, 2.05) is 56.2 Å². The highest BCUT2D eigenvalue weighted by Crippen LogP contribution is 2.24. The molecule has 1 aromatic carbocycles. The third-order valence-electron chi connectivity index (χ3n) is 2.26. The summed E-state index contributed by atoms with van der Waals surface area (Å²) in [5, 5.41) is 0. The topological polar surface area (TPSA) is 32.5 Å². The Balaban J connectivity index is 2.52. The van der Waals surface area contributed by atoms with E-state index in [9.17, 15) is 0 Å². The van der Waals surface area contributed by atoms with Gasteiger partial charge in [-0.3, -0.25) is 0 Å². The molecule has 80 valence electrons. The van der Waals surface area contributed by atoms with Crippen LogP contribution in [0, 0.1) is 0 Å². The molecule has 4 nitrogen and oxygen atoms in total. The first kappa shape index (κ1) is 9.83. The van der Waals surface area contributed by atoms with Crippen molar-refractivity contribution in [3.63, 3.8) is 0 Å². The zero-order valence-corrected chi connectivity index (χ0v) is 9.48. The third-order valence-corrected chi connectivity index (χ3v) is 2.26. The van der Waals surface area contributed by atoms with E-state index in [2.05, 4.69) is 4.98 Å². The van der Waals surface area contributed by atoms with Crippen molar-refractivity contribution in [1.29, 1.82) is 0 Å². The molecule has 0 aliphatic carbocycles. The van der Waals surface area contributed by atoms with E-state index in [1.54, 1.807) is 0 Å². The Morgan fingerprint density at radius 1 is 1.07 bits per heavy atom. The van der Waals surface area contributed by atoms with Crippen LogP contribution in [0.25, 0.3) is 11.1 Å². The predicted octanol–water partition coefficient (Wildman–Crippen LogP) is 1.96. The SMILES string of the molecule is CN(C)c1ccc2oc(N(C)C)nc2c1. The summed E-state index contributed by atoms with van der Waals surface area (Å²) in [7, 11) is 7.84. The number of hydrogen-bond donors (Lipinski definition) is 0. The molecule has 0 atom stereocenters. The number of hydrogen-bond acceptors (Lipinski definition) is 4. The lowest BCUT2D eigenvalue weighted by Crippen LogP contribution is -2.08. The molecular weight excluding hydrogens is 190 g/mol. The minimum absolute atomic E-state index is 0.640. The van der Waals surface area contributed by atoms with E-state index >= 15 is 0 Å². The third kappa shape index (κ3) is 1.75. The molecule has 0 radical (unpaired) electrons. The average Bonchev–Trinajstić information content (AvgIpc) is 2.59. The van der Waals surface area contributed by atoms with Crippen LogP contribution < -0.4 is 9.80 Å². The van der Waals surface area contributed by atoms with Crippen LogP contribution in [0.5, 0.6) is 0 Å². The fraction of sp³-hybridized carbons (Fsp3) is 0.364. The molecule has 0 saturated heterocycles. The molecule has 0 aliphatic rings. The monoisotopic (exact) mass is 205 g/mol. The van der Waals surface area contributed by atoms with Crippen molar-refractivity contribution in [2.75, 3.05) is 38.0 Å². The molecule has 4 heteroatoms. The standard InChI is InChI=1S/C11H15N3O/c1-13(2)8-5-6-10-9(7-8)12-11(15-10)14(3)4/h5-7H,1-4H3. The van der Waals surface area contributed by atoms with Crippen LogP contribution in [-0.2, 0) is 0 Å². The van der Waals surface area contributed by atoms with E-state index in [4.69, 9.17) is 4.42 Å². The molecule has 0 unspecified atom stereocenters. The van der Waals surface area contributed by atoms with Crippen LogP contribution in [0.1, 0.15) is 0 Å². The maximum atomic E-state index is 5.56. The second-order valence-corrected chi connectivity index (χ2v) is 3.94. The molecular formula is C11H15N3O. The first-order valence-corrected chi connectivity index (χ1v) is 4.83. The van der Waals surface area contributed by atoms with Crippen molar-refractivity contribution in [3.05, 3.63) is 18.2 Å². The Hall–Kier alpha value is -1.71. The zero-order chi connectivity index (χ0) is 11.0. The number of oxazole rings is 1. The number of aromatic nitrogens is 1. The van der Waals surface area contributed by atoms with Gasteiger partial charge in [0.2, 0.25) is 0 Å². The van der Waals surface area contributed by atoms with E-state index in [0.717, 1.165) is 16.8 Å². The summed E-state index contributed by atoms with van der Waals surface area (Å²) in [6, 6.07) is 6.63. The van der Waals surface area contributed by atoms with Gasteiger partial charge in [-0.1, -0.05) is 0 Å². The van der Waals surface area contributed by atoms with E-state index in [-0.39, 0.29) is 0 Å². The van der Waals surface area contributed by atoms with Gasteiger partial charge in [-0.05, 0) is 18.2 Å². The van der Waals surface area contributed by atoms with Crippen molar-refractivity contribution in [2.24, 2.45) is 0 Å². The van der Waals surface area contributed by atoms with Crippen molar-refractivity contribution in [3.8, 4) is 0 Å². The maximum absolute atomic E-state index is 5.56. The highest BCUT2D eigenvalue weighted by atomic mass is 16.4. The van der Waals surface area contributed by atoms with Crippen LogP contribution in [0.15, 0.2) is 22.6 Å². The van der Waals surface area contributed by atoms with Crippen molar-refractivity contribution < 1.29 is 4.42 Å². The Labute approximate surface area is 89.1 Å². The van der Waals surface area contributed by atoms with Crippen molar-refractivity contribution in [1.82, 2.24) is 4.98 Å². The Bertz CT molecular complexity index is 468. The molecule has 0 amide bonds. The zero-order valence-electron chi connectivity index (χ0n) is 9.48. The van der Waals surface area contributed by atoms with Gasteiger partial charge in [-0.25, -0.2) is 0 Å². The first-order valence-electron chi connectivity index (χ1n) is 4.83. The van der Waals surface area contributed by atoms with Gasteiger partial charge >= 0.3 is 0 Å². The average molecular weight is 205 g/mol. The van der Waals surface area contributed by atoms with Crippen LogP contribution in [0.4, 0.5) is 11.7 Å². The van der Waals surface area contributed by atoms with Gasteiger partial charge in [0.25, 0.3) is 6.01 Å². The summed E-state index contributed by atoms with van der Waals surface area (Å²) in [4.78, 5) is 8.29. The van der Waals surface area contributed by atoms with Crippen LogP contribution in [0.3, 0.4) is 0 Å². The lowest BCUT2D eigenvalue weighted by Gasteiger charge is -2.10. The predicted molar refractivity (Wildman–Crippen MR) is 62.7 cm³/mol. The van der Waals surface area contributed by atoms with Crippen LogP contribution >= 0.6 is 0 Å². The number of nitrogens with zero attached hydrogens (tertiary/aromatic N) is 3. The van der Waals surface area contributed by atoms with E-state index < -0.39 is 0 Å². The largest absolute Gasteiger partial charge is 0.423 e. The van der Waals surface area contributed by atoms with Gasteiger partial charge in [-0.2, -0.15) is 4.98 Å². The second-order valence-electron chi connectivity index (χ2n) is 3.94. The maximum Gasteiger partial charge on any atom is 0.297 e. The highest BCUT2D eigenvalue weighted by Gasteiger charge is 2.08. The van der Waals surface area contributed by atoms with Gasteiger partial charge in [0.1, 0.15) is 5.52 Å². The number of fused-ring (bicyclic) bond motifs is 1. The summed E-state index contributed by atoms with van der Waals surface area (Å²) < 4.78 is 5.56. The molecule has 1 heterocycles. The minimum atomic E-state index is 0.640. The van der Waals surface area contributed by atoms with Gasteiger partial charge in [0.15, 0.2) is 5.58 Å². The normalized spacial score (nSPS) is 10.7. The molecule has 0 fully saturated rings. The molecule has 2 aromatic rings. The van der Waals surface area contributed by atoms with E-state index in [1.165, 1.54) is 0 Å². The molecule has 1 aromatic heterocycles. The van der Waals surface area contributed by atoms with Crippen LogP contribution in [0.2, 0.25) is 0 Å². The van der Waals surface area contributed by atoms with Crippen molar-refractivity contribution >= 4 is 22.8 Å². The molecule has 0 aliphatic heterocycles. The lowest BCUT2D eigenvalue weighted by molar-refractivity contribution is 0.597. The summed E-state index contributed by atoms with van der Waals surface area (Å²) in [5.41, 5.74) is 2.84. The van der Waals surface area contributed by atoms with Crippen LogP contribution in [-0.4, -0.2) is 33.2 Å². The number of benzene rings is 1. The molecule has 0 saturated carbocycles. The fourth-order valence-corrected chi connectivity index (χ4v) is 1.37. The Kier molecular flexibility index (Phi) is 2.26. The van der Waals surface area contributed by atoms with Gasteiger partial charge in [0.05, 0.1) is 0 Å². The molecule has 0 bridgehead atoms. The van der Waals surface area contributed by atoms with Gasteiger partial charge in [0, 0.05) is 33.9 Å². The fourth-order valence-electron chi connectivity index (χ4n) is 1.37. The quantitative estimate of drug-likeness (QED) is 0.750. The number of anilines is 2. The highest BCUT2D eigenvalue weighted by molar-refractivity contribution is 5.79. The number of rotatable bonds is 2. The summed E-state index contributed by atoms with van der Waals surface area (Å²) in [6.07, 6.45) is 0. The Morgan fingerprint density at radius 2 is 1.80 bits per heavy atom. The van der Waals surface area contributed by atoms with Gasteiger partial charge < -0.3 is 14.2 Å². The van der Waals surface area contributed by atoms with Crippen molar-refractivity contribution in [2.45, 2.75) is 0 Å². The molecule has 0 spiro atoms. The summed E-state index contributed by atoms with van der Waals surface area (Å²) >= 11 is 0. The molecule has 0 N–H and O–H groups in total. The molecule has 15 heavy (non-hydrogen) atoms. The first-order chi connectivity index (χ1) is 7.08. The van der Waals surface area contributed by atoms with E-state index in [0.29, 0.717) is 6.01 Å². The minimum Gasteiger partial charge on any atom is -0.423 e. The Morgan fingerprint density at radius 3 is 2.40 bits per heavy atom. The summed E-state index contributed by atoms with van der Waals surface area (Å²) in [5.74, 6) is 0. The lowest BCUT2D eigenvalue weighted by atomic mass is 10.3. The van der Waals surface area contributed by atoms with Gasteiger partial charge in [-0.15, -0.1) is 0 Å². The smallest absolute Gasteiger partial charge is 0.297 e.